The van der Waals surface area contributed by atoms with Crippen molar-refractivity contribution in [1.82, 2.24) is 0 Å². The van der Waals surface area contributed by atoms with Gasteiger partial charge in [0, 0.05) is 5.57 Å². The Labute approximate surface area is 169 Å². The van der Waals surface area contributed by atoms with Crippen molar-refractivity contribution in [3.8, 4) is 0 Å². The number of ketones is 1. The summed E-state index contributed by atoms with van der Waals surface area (Å²) in [6.07, 6.45) is 8.55. The maximum Gasteiger partial charge on any atom is 0.162 e. The third kappa shape index (κ3) is 13.6. The van der Waals surface area contributed by atoms with Crippen LogP contribution in [0.4, 0.5) is 4.39 Å². The zero-order chi connectivity index (χ0) is 21.6. The Morgan fingerprint density at radius 3 is 1.78 bits per heavy atom. The van der Waals surface area contributed by atoms with Crippen molar-refractivity contribution in [1.29, 1.82) is 0 Å². The highest BCUT2D eigenvalue weighted by molar-refractivity contribution is 5.96. The lowest BCUT2D eigenvalue weighted by Gasteiger charge is -2.23. The molecule has 2 heteroatoms. The first-order valence-corrected chi connectivity index (χ1v) is 10.8. The molecule has 4 atom stereocenters. The quantitative estimate of drug-likeness (QED) is 0.245. The topological polar surface area (TPSA) is 17.1 Å². The number of hydrogen-bond acceptors (Lipinski definition) is 1. The van der Waals surface area contributed by atoms with Crippen LogP contribution in [0.25, 0.3) is 0 Å². The molecule has 0 radical (unpaired) electrons. The van der Waals surface area contributed by atoms with Crippen LogP contribution >= 0.6 is 0 Å². The number of halogens is 1. The monoisotopic (exact) mass is 380 g/mol. The van der Waals surface area contributed by atoms with Crippen LogP contribution in [-0.4, -0.2) is 5.78 Å². The van der Waals surface area contributed by atoms with E-state index in [1.54, 1.807) is 0 Å². The summed E-state index contributed by atoms with van der Waals surface area (Å²) in [5.41, 5.74) is 0.657. The molecule has 158 valence electrons. The summed E-state index contributed by atoms with van der Waals surface area (Å²) in [7, 11) is 0. The molecule has 27 heavy (non-hydrogen) atoms. The molecule has 0 amide bonds. The highest BCUT2D eigenvalue weighted by Crippen LogP contribution is 2.28. The molecule has 0 aromatic rings. The smallest absolute Gasteiger partial charge is 0.162 e. The molecule has 0 aliphatic carbocycles. The van der Waals surface area contributed by atoms with Gasteiger partial charge in [0.1, 0.15) is 5.83 Å². The van der Waals surface area contributed by atoms with E-state index >= 15 is 0 Å². The van der Waals surface area contributed by atoms with Crippen LogP contribution in [0.1, 0.15) is 93.9 Å². The molecule has 4 unspecified atom stereocenters. The fourth-order valence-electron chi connectivity index (χ4n) is 2.58. The molecule has 0 bridgehead atoms. The summed E-state index contributed by atoms with van der Waals surface area (Å²) >= 11 is 0. The van der Waals surface area contributed by atoms with Gasteiger partial charge in [0.15, 0.2) is 5.78 Å². The Balaban J connectivity index is 0. The minimum absolute atomic E-state index is 0.0737. The van der Waals surface area contributed by atoms with Crippen molar-refractivity contribution < 1.29 is 9.18 Å². The number of Topliss-reactive ketones (excluding diaryl/α,β-unsaturated/α-hetero) is 1. The molecule has 0 aliphatic rings. The van der Waals surface area contributed by atoms with Gasteiger partial charge in [-0.3, -0.25) is 4.79 Å². The van der Waals surface area contributed by atoms with E-state index in [4.69, 9.17) is 0 Å². The fraction of sp³-hybridized carbons (Fsp3) is 0.720. The van der Waals surface area contributed by atoms with Crippen molar-refractivity contribution in [2.24, 2.45) is 23.7 Å². The first kappa shape index (κ1) is 28.0. The lowest BCUT2D eigenvalue weighted by Crippen LogP contribution is -2.11. The molecule has 0 heterocycles. The van der Waals surface area contributed by atoms with Gasteiger partial charge in [0.2, 0.25) is 0 Å². The summed E-state index contributed by atoms with van der Waals surface area (Å²) in [4.78, 5) is 11.1. The molecule has 0 aliphatic heterocycles. The van der Waals surface area contributed by atoms with Gasteiger partial charge in [-0.05, 0) is 55.1 Å². The molecule has 0 aromatic carbocycles. The highest BCUT2D eigenvalue weighted by atomic mass is 19.1. The van der Waals surface area contributed by atoms with Crippen molar-refractivity contribution in [3.05, 3.63) is 36.2 Å². The van der Waals surface area contributed by atoms with Crippen LogP contribution in [-0.2, 0) is 4.79 Å². The van der Waals surface area contributed by atoms with E-state index in [0.29, 0.717) is 11.8 Å². The Hall–Kier alpha value is -1.18. The molecule has 0 spiro atoms. The highest BCUT2D eigenvalue weighted by Gasteiger charge is 2.16. The standard InChI is InChI=1S/C22H37FO.C3H8/c1-9-15(2)10-11-16(3)17(4)12-13-18(5)19(6)14-22(23)20(7)21(8)24;1-3-2/h14-18H,6-7,9-13H2,1-5,8H3;3H2,1-2H3/b22-14+;. The van der Waals surface area contributed by atoms with Crippen LogP contribution in [0.15, 0.2) is 36.2 Å². The Morgan fingerprint density at radius 2 is 1.37 bits per heavy atom. The van der Waals surface area contributed by atoms with E-state index in [1.807, 2.05) is 0 Å². The average molecular weight is 381 g/mol. The first-order valence-electron chi connectivity index (χ1n) is 10.8. The molecule has 1 nitrogen and oxygen atoms in total. The maximum atomic E-state index is 13.9. The summed E-state index contributed by atoms with van der Waals surface area (Å²) in [6, 6.07) is 0. The molecule has 0 aromatic heterocycles. The normalized spacial score (nSPS) is 15.8. The van der Waals surface area contributed by atoms with Crippen LogP contribution < -0.4 is 0 Å². The largest absolute Gasteiger partial charge is 0.294 e. The number of rotatable bonds is 12. The second kappa shape index (κ2) is 15.8. The SMILES string of the molecule is C=C(C(C)=O)/C(F)=C\C(=C)C(C)CCC(C)C(C)CCC(C)CC.CCC. The van der Waals surface area contributed by atoms with Crippen LogP contribution in [0.5, 0.6) is 0 Å². The molecular formula is C25H45FO. The number of allylic oxidation sites excluding steroid dienone is 4. The van der Waals surface area contributed by atoms with Gasteiger partial charge in [0.05, 0.1) is 0 Å². The molecule has 0 rings (SSSR count). The van der Waals surface area contributed by atoms with Crippen LogP contribution in [0.2, 0.25) is 0 Å². The number of carbonyl (C=O) groups excluding carboxylic acids is 1. The third-order valence-corrected chi connectivity index (χ3v) is 5.50. The van der Waals surface area contributed by atoms with Gasteiger partial charge >= 0.3 is 0 Å². The second-order valence-electron chi connectivity index (χ2n) is 8.33. The minimum Gasteiger partial charge on any atom is -0.294 e. The Bertz CT molecular complexity index is 475. The summed E-state index contributed by atoms with van der Waals surface area (Å²) < 4.78 is 13.9. The minimum atomic E-state index is -0.561. The van der Waals surface area contributed by atoms with Crippen LogP contribution in [0.3, 0.4) is 0 Å². The summed E-state index contributed by atoms with van der Waals surface area (Å²) in [6.45, 7) is 24.3. The maximum absolute atomic E-state index is 13.9. The van der Waals surface area contributed by atoms with Gasteiger partial charge < -0.3 is 0 Å². The predicted molar refractivity (Wildman–Crippen MR) is 120 cm³/mol. The fourth-order valence-corrected chi connectivity index (χ4v) is 2.58. The molecule has 0 fully saturated rings. The average Bonchev–Trinajstić information content (AvgIpc) is 2.62. The zero-order valence-corrected chi connectivity index (χ0v) is 19.3. The lowest BCUT2D eigenvalue weighted by atomic mass is 9.83. The van der Waals surface area contributed by atoms with E-state index in [2.05, 4.69) is 61.6 Å². The van der Waals surface area contributed by atoms with E-state index in [0.717, 1.165) is 24.3 Å². The summed E-state index contributed by atoms with van der Waals surface area (Å²) in [5, 5.41) is 0. The van der Waals surface area contributed by atoms with Crippen molar-refractivity contribution in [2.75, 3.05) is 0 Å². The van der Waals surface area contributed by atoms with E-state index < -0.39 is 5.83 Å². The van der Waals surface area contributed by atoms with Gasteiger partial charge in [0.25, 0.3) is 0 Å². The van der Waals surface area contributed by atoms with E-state index in [9.17, 15) is 9.18 Å². The molecular weight excluding hydrogens is 335 g/mol. The van der Waals surface area contributed by atoms with E-state index in [-0.39, 0.29) is 17.3 Å². The Kier molecular flexibility index (Phi) is 16.4. The van der Waals surface area contributed by atoms with Crippen molar-refractivity contribution >= 4 is 5.78 Å². The van der Waals surface area contributed by atoms with Gasteiger partial charge in [-0.2, -0.15) is 0 Å². The van der Waals surface area contributed by atoms with E-state index in [1.165, 1.54) is 38.7 Å². The van der Waals surface area contributed by atoms with Gasteiger partial charge in [-0.1, -0.05) is 87.3 Å². The van der Waals surface area contributed by atoms with Gasteiger partial charge in [-0.25, -0.2) is 4.39 Å². The zero-order valence-electron chi connectivity index (χ0n) is 19.3. The Morgan fingerprint density at radius 1 is 0.926 bits per heavy atom. The third-order valence-electron chi connectivity index (χ3n) is 5.50. The van der Waals surface area contributed by atoms with Crippen molar-refractivity contribution in [3.63, 3.8) is 0 Å². The second-order valence-corrected chi connectivity index (χ2v) is 8.33. The van der Waals surface area contributed by atoms with Gasteiger partial charge in [-0.15, -0.1) is 0 Å². The lowest BCUT2D eigenvalue weighted by molar-refractivity contribution is -0.113. The summed E-state index contributed by atoms with van der Waals surface area (Å²) in [5.74, 6) is 1.48. The molecule has 0 saturated heterocycles. The molecule has 0 saturated carbocycles. The predicted octanol–water partition coefficient (Wildman–Crippen LogP) is 8.47. The number of carbonyl (C=O) groups is 1. The molecule has 0 N–H and O–H groups in total. The number of hydrogen-bond donors (Lipinski definition) is 0. The first-order chi connectivity index (χ1) is 12.5. The van der Waals surface area contributed by atoms with Crippen molar-refractivity contribution in [2.45, 2.75) is 93.9 Å². The van der Waals surface area contributed by atoms with Crippen LogP contribution in [0, 0.1) is 23.7 Å².